The number of carbonyl (C=O) groups is 1. The van der Waals surface area contributed by atoms with Crippen LogP contribution in [-0.2, 0) is 6.42 Å². The van der Waals surface area contributed by atoms with E-state index in [0.717, 1.165) is 44.1 Å². The van der Waals surface area contributed by atoms with Crippen molar-refractivity contribution in [3.63, 3.8) is 0 Å². The number of benzene rings is 1. The second-order valence-corrected chi connectivity index (χ2v) is 7.68. The van der Waals surface area contributed by atoms with Gasteiger partial charge in [0.15, 0.2) is 11.5 Å². The quantitative estimate of drug-likeness (QED) is 0.462. The molecular formula is C21H26ClN7O2. The molecule has 2 amide bonds. The van der Waals surface area contributed by atoms with Crippen molar-refractivity contribution in [2.45, 2.75) is 19.3 Å². The molecule has 1 saturated heterocycles. The number of hydrogen-bond donors (Lipinski definition) is 4. The highest BCUT2D eigenvalue weighted by molar-refractivity contribution is 6.31. The van der Waals surface area contributed by atoms with Crippen LogP contribution >= 0.6 is 11.6 Å². The van der Waals surface area contributed by atoms with Gasteiger partial charge in [-0.25, -0.2) is 14.8 Å². The molecule has 0 atom stereocenters. The minimum Gasteiger partial charge on any atom is -0.495 e. The lowest BCUT2D eigenvalue weighted by molar-refractivity contribution is 0.262. The lowest BCUT2D eigenvalue weighted by atomic mass is 9.98. The van der Waals surface area contributed by atoms with E-state index in [1.165, 1.54) is 32.3 Å². The molecule has 0 unspecified atom stereocenters. The van der Waals surface area contributed by atoms with Gasteiger partial charge in [-0.2, -0.15) is 5.26 Å². The molecule has 3 rings (SSSR count). The van der Waals surface area contributed by atoms with Gasteiger partial charge in [-0.3, -0.25) is 5.32 Å². The second kappa shape index (κ2) is 11.5. The molecule has 0 bridgehead atoms. The number of carbonyl (C=O) groups excluding carboxylic acids is 1. The Balaban J connectivity index is 1.55. The monoisotopic (exact) mass is 443 g/mol. The van der Waals surface area contributed by atoms with Gasteiger partial charge in [0, 0.05) is 5.02 Å². The summed E-state index contributed by atoms with van der Waals surface area (Å²) < 4.78 is 5.43. The number of methoxy groups -OCH3 is 1. The third-order valence-corrected chi connectivity index (χ3v) is 5.44. The van der Waals surface area contributed by atoms with Gasteiger partial charge in [-0.1, -0.05) is 11.6 Å². The van der Waals surface area contributed by atoms with E-state index in [0.29, 0.717) is 16.5 Å². The molecule has 2 aromatic rings. The molecule has 2 heterocycles. The van der Waals surface area contributed by atoms with Gasteiger partial charge in [0.1, 0.15) is 11.8 Å². The fourth-order valence-electron chi connectivity index (χ4n) is 3.39. The summed E-state index contributed by atoms with van der Waals surface area (Å²) >= 11 is 6.45. The molecule has 10 heteroatoms. The van der Waals surface area contributed by atoms with E-state index in [4.69, 9.17) is 21.6 Å². The highest BCUT2D eigenvalue weighted by atomic mass is 35.5. The number of nitriles is 1. The van der Waals surface area contributed by atoms with Crippen molar-refractivity contribution < 1.29 is 9.53 Å². The zero-order valence-electron chi connectivity index (χ0n) is 17.4. The van der Waals surface area contributed by atoms with Crippen LogP contribution in [0.15, 0.2) is 24.5 Å². The number of anilines is 2. The number of urea groups is 1. The molecule has 1 aliphatic heterocycles. The van der Waals surface area contributed by atoms with E-state index in [1.807, 2.05) is 12.1 Å². The Labute approximate surface area is 186 Å². The van der Waals surface area contributed by atoms with Gasteiger partial charge in [0.25, 0.3) is 0 Å². The Kier molecular flexibility index (Phi) is 8.41. The standard InChI is InChI=1S/C21H26ClN7O2/c1-31-19-8-15(4-7-25-11-14-2-5-24-6-3-14)17(22)9-18(19)28-21(30)29-20-13-26-16(10-23)12-27-20/h8-9,12-14,24-25H,2-7,11H2,1H3,(H2,27,28,29,30). The van der Waals surface area contributed by atoms with Crippen molar-refractivity contribution in [2.75, 3.05) is 43.9 Å². The Morgan fingerprint density at radius 3 is 2.77 bits per heavy atom. The second-order valence-electron chi connectivity index (χ2n) is 7.27. The molecule has 0 spiro atoms. The van der Waals surface area contributed by atoms with E-state index < -0.39 is 6.03 Å². The smallest absolute Gasteiger partial charge is 0.325 e. The van der Waals surface area contributed by atoms with Gasteiger partial charge in [-0.05, 0) is 69.1 Å². The lowest BCUT2D eigenvalue weighted by Crippen LogP contribution is -2.34. The van der Waals surface area contributed by atoms with E-state index in [9.17, 15) is 4.79 Å². The summed E-state index contributed by atoms with van der Waals surface area (Å²) in [5, 5.41) is 21.5. The van der Waals surface area contributed by atoms with Crippen LogP contribution in [0, 0.1) is 17.2 Å². The van der Waals surface area contributed by atoms with Gasteiger partial charge in [-0.15, -0.1) is 0 Å². The van der Waals surface area contributed by atoms with Crippen molar-refractivity contribution in [1.29, 1.82) is 5.26 Å². The number of rotatable bonds is 8. The number of nitrogens with one attached hydrogen (secondary N) is 4. The minimum atomic E-state index is -0.523. The third-order valence-electron chi connectivity index (χ3n) is 5.09. The maximum atomic E-state index is 12.3. The van der Waals surface area contributed by atoms with Crippen molar-refractivity contribution in [2.24, 2.45) is 5.92 Å². The van der Waals surface area contributed by atoms with Crippen LogP contribution in [0.1, 0.15) is 24.1 Å². The number of amides is 2. The zero-order chi connectivity index (χ0) is 22.1. The first-order valence-corrected chi connectivity index (χ1v) is 10.5. The average molecular weight is 444 g/mol. The maximum absolute atomic E-state index is 12.3. The predicted octanol–water partition coefficient (Wildman–Crippen LogP) is 2.79. The van der Waals surface area contributed by atoms with Gasteiger partial charge in [0.2, 0.25) is 0 Å². The van der Waals surface area contributed by atoms with Gasteiger partial charge in [0.05, 0.1) is 25.2 Å². The highest BCUT2D eigenvalue weighted by Gasteiger charge is 2.14. The molecule has 0 aliphatic carbocycles. The largest absolute Gasteiger partial charge is 0.495 e. The molecule has 9 nitrogen and oxygen atoms in total. The summed E-state index contributed by atoms with van der Waals surface area (Å²) in [5.41, 5.74) is 1.55. The molecule has 4 N–H and O–H groups in total. The van der Waals surface area contributed by atoms with Crippen molar-refractivity contribution in [1.82, 2.24) is 20.6 Å². The average Bonchev–Trinajstić information content (AvgIpc) is 2.79. The molecular weight excluding hydrogens is 418 g/mol. The number of ether oxygens (including phenoxy) is 1. The van der Waals surface area contributed by atoms with E-state index >= 15 is 0 Å². The van der Waals surface area contributed by atoms with E-state index in [2.05, 4.69) is 31.2 Å². The Hall–Kier alpha value is -2.93. The molecule has 1 aliphatic rings. The summed E-state index contributed by atoms with van der Waals surface area (Å²) in [5.74, 6) is 1.45. The SMILES string of the molecule is COc1cc(CCNCC2CCNCC2)c(Cl)cc1NC(=O)Nc1cnc(C#N)cn1. The Bertz CT molecular complexity index is 925. The van der Waals surface area contributed by atoms with Crippen LogP contribution < -0.4 is 26.0 Å². The first-order valence-electron chi connectivity index (χ1n) is 10.2. The fourth-order valence-corrected chi connectivity index (χ4v) is 3.65. The number of piperidine rings is 1. The van der Waals surface area contributed by atoms with Crippen LogP contribution in [0.25, 0.3) is 0 Å². The molecule has 1 fully saturated rings. The Morgan fingerprint density at radius 2 is 2.10 bits per heavy atom. The maximum Gasteiger partial charge on any atom is 0.325 e. The number of hydrogen-bond acceptors (Lipinski definition) is 7. The van der Waals surface area contributed by atoms with Crippen molar-refractivity contribution in [3.05, 3.63) is 40.8 Å². The highest BCUT2D eigenvalue weighted by Crippen LogP contribution is 2.31. The molecule has 0 radical (unpaired) electrons. The fraction of sp³-hybridized carbons (Fsp3) is 0.429. The number of aromatic nitrogens is 2. The van der Waals surface area contributed by atoms with Gasteiger partial charge < -0.3 is 20.7 Å². The lowest BCUT2D eigenvalue weighted by Gasteiger charge is -2.22. The zero-order valence-corrected chi connectivity index (χ0v) is 18.1. The first-order chi connectivity index (χ1) is 15.1. The van der Waals surface area contributed by atoms with Crippen LogP contribution in [0.5, 0.6) is 5.75 Å². The molecule has 1 aromatic heterocycles. The minimum absolute atomic E-state index is 0.167. The van der Waals surface area contributed by atoms with Crippen LogP contribution in [0.3, 0.4) is 0 Å². The van der Waals surface area contributed by atoms with E-state index in [1.54, 1.807) is 6.07 Å². The van der Waals surface area contributed by atoms with E-state index in [-0.39, 0.29) is 11.5 Å². The number of halogens is 1. The first kappa shape index (κ1) is 22.7. The molecule has 164 valence electrons. The van der Waals surface area contributed by atoms with Gasteiger partial charge >= 0.3 is 6.03 Å². The normalized spacial score (nSPS) is 14.0. The molecule has 31 heavy (non-hydrogen) atoms. The summed E-state index contributed by atoms with van der Waals surface area (Å²) in [6, 6.07) is 4.86. The molecule has 0 saturated carbocycles. The molecule has 1 aromatic carbocycles. The number of nitrogens with zero attached hydrogens (tertiary/aromatic N) is 3. The predicted molar refractivity (Wildman–Crippen MR) is 120 cm³/mol. The summed E-state index contributed by atoms with van der Waals surface area (Å²) in [6.45, 7) is 4.01. The summed E-state index contributed by atoms with van der Waals surface area (Å²) in [7, 11) is 1.54. The summed E-state index contributed by atoms with van der Waals surface area (Å²) in [4.78, 5) is 20.1. The van der Waals surface area contributed by atoms with Crippen LogP contribution in [0.4, 0.5) is 16.3 Å². The topological polar surface area (TPSA) is 124 Å². The van der Waals surface area contributed by atoms with Crippen molar-refractivity contribution >= 4 is 29.1 Å². The third kappa shape index (κ3) is 6.79. The van der Waals surface area contributed by atoms with Crippen LogP contribution in [0.2, 0.25) is 5.02 Å². The van der Waals surface area contributed by atoms with Crippen molar-refractivity contribution in [3.8, 4) is 11.8 Å². The summed E-state index contributed by atoms with van der Waals surface area (Å²) in [6.07, 6.45) is 5.76. The van der Waals surface area contributed by atoms with Crippen LogP contribution in [-0.4, -0.2) is 49.3 Å². The Morgan fingerprint density at radius 1 is 1.29 bits per heavy atom.